The Hall–Kier alpha value is -1.08. The van der Waals surface area contributed by atoms with Crippen molar-refractivity contribution < 1.29 is 10.0 Å². The van der Waals surface area contributed by atoms with Crippen LogP contribution in [0.1, 0.15) is 19.8 Å². The van der Waals surface area contributed by atoms with Gasteiger partial charge in [0.1, 0.15) is 5.41 Å². The summed E-state index contributed by atoms with van der Waals surface area (Å²) in [7, 11) is 0. The van der Waals surface area contributed by atoms with Crippen molar-refractivity contribution in [3.8, 4) is 6.07 Å². The highest BCUT2D eigenvalue weighted by Gasteiger charge is 2.52. The first-order valence-corrected chi connectivity index (χ1v) is 3.58. The Morgan fingerprint density at radius 2 is 2.36 bits per heavy atom. The van der Waals surface area contributed by atoms with Crippen LogP contribution in [0, 0.1) is 16.7 Å². The van der Waals surface area contributed by atoms with E-state index in [-0.39, 0.29) is 6.54 Å². The lowest BCUT2D eigenvalue weighted by Gasteiger charge is -2.14. The highest BCUT2D eigenvalue weighted by molar-refractivity contribution is 5.87. The third-order valence-electron chi connectivity index (χ3n) is 1.91. The number of amides is 1. The van der Waals surface area contributed by atoms with Gasteiger partial charge < -0.3 is 0 Å². The molecule has 0 aromatic carbocycles. The normalized spacial score (nSPS) is 18.6. The predicted molar refractivity (Wildman–Crippen MR) is 36.5 cm³/mol. The van der Waals surface area contributed by atoms with E-state index < -0.39 is 11.3 Å². The predicted octanol–water partition coefficient (Wildman–Crippen LogP) is 0.528. The molecule has 0 spiro atoms. The number of carbonyl (C=O) groups excluding carboxylic acids is 1. The number of rotatable bonds is 2. The molecule has 0 aliphatic heterocycles. The van der Waals surface area contributed by atoms with Crippen LogP contribution in [0.2, 0.25) is 0 Å². The molecular weight excluding hydrogens is 144 g/mol. The van der Waals surface area contributed by atoms with Gasteiger partial charge in [0.25, 0.3) is 5.91 Å². The van der Waals surface area contributed by atoms with Gasteiger partial charge in [-0.3, -0.25) is 10.0 Å². The topological polar surface area (TPSA) is 64.3 Å². The largest absolute Gasteiger partial charge is 0.286 e. The van der Waals surface area contributed by atoms with Gasteiger partial charge in [-0.15, -0.1) is 0 Å². The molecule has 60 valence electrons. The molecule has 1 fully saturated rings. The molecule has 1 amide bonds. The highest BCUT2D eigenvalue weighted by atomic mass is 16.5. The maximum Gasteiger partial charge on any atom is 0.266 e. The molecule has 0 heterocycles. The Balaban J connectivity index is 2.63. The van der Waals surface area contributed by atoms with E-state index in [0.29, 0.717) is 17.9 Å². The van der Waals surface area contributed by atoms with E-state index in [1.807, 2.05) is 6.07 Å². The van der Waals surface area contributed by atoms with Crippen LogP contribution in [-0.2, 0) is 4.79 Å². The first-order valence-electron chi connectivity index (χ1n) is 3.58. The van der Waals surface area contributed by atoms with Crippen LogP contribution in [0.3, 0.4) is 0 Å². The number of nitrogens with zero attached hydrogens (tertiary/aromatic N) is 2. The van der Waals surface area contributed by atoms with E-state index in [9.17, 15) is 4.79 Å². The van der Waals surface area contributed by atoms with Crippen molar-refractivity contribution in [2.75, 3.05) is 6.54 Å². The molecule has 11 heavy (non-hydrogen) atoms. The number of hydrogen-bond donors (Lipinski definition) is 1. The third-order valence-corrected chi connectivity index (χ3v) is 1.91. The average molecular weight is 154 g/mol. The van der Waals surface area contributed by atoms with E-state index >= 15 is 0 Å². The lowest BCUT2D eigenvalue weighted by molar-refractivity contribution is -0.168. The van der Waals surface area contributed by atoms with Crippen LogP contribution < -0.4 is 0 Å². The second-order valence-corrected chi connectivity index (χ2v) is 2.71. The van der Waals surface area contributed by atoms with E-state index in [4.69, 9.17) is 10.5 Å². The molecule has 4 heteroatoms. The van der Waals surface area contributed by atoms with Crippen molar-refractivity contribution in [2.24, 2.45) is 5.41 Å². The summed E-state index contributed by atoms with van der Waals surface area (Å²) in [6.45, 7) is 1.90. The smallest absolute Gasteiger partial charge is 0.266 e. The molecule has 1 aliphatic carbocycles. The lowest BCUT2D eigenvalue weighted by atomic mass is 10.1. The van der Waals surface area contributed by atoms with Crippen LogP contribution in [0.5, 0.6) is 0 Å². The summed E-state index contributed by atoms with van der Waals surface area (Å²) in [5.74, 6) is -0.456. The van der Waals surface area contributed by atoms with E-state index in [0.717, 1.165) is 0 Å². The summed E-state index contributed by atoms with van der Waals surface area (Å²) in [6, 6.07) is 1.92. The van der Waals surface area contributed by atoms with Crippen molar-refractivity contribution >= 4 is 5.91 Å². The zero-order valence-electron chi connectivity index (χ0n) is 6.37. The number of hydrogen-bond acceptors (Lipinski definition) is 3. The maximum absolute atomic E-state index is 11.1. The number of hydroxylamine groups is 2. The Labute approximate surface area is 65.0 Å². The average Bonchev–Trinajstić information content (AvgIpc) is 2.82. The van der Waals surface area contributed by atoms with Gasteiger partial charge in [0.2, 0.25) is 0 Å². The van der Waals surface area contributed by atoms with Gasteiger partial charge in [-0.1, -0.05) is 0 Å². The van der Waals surface area contributed by atoms with E-state index in [2.05, 4.69) is 0 Å². The lowest BCUT2D eigenvalue weighted by Crippen LogP contribution is -2.33. The maximum atomic E-state index is 11.1. The van der Waals surface area contributed by atoms with E-state index in [1.165, 1.54) is 0 Å². The van der Waals surface area contributed by atoms with Crippen LogP contribution in [0.25, 0.3) is 0 Å². The molecule has 0 radical (unpaired) electrons. The second kappa shape index (κ2) is 2.51. The molecule has 0 aromatic rings. The first-order chi connectivity index (χ1) is 5.16. The van der Waals surface area contributed by atoms with Gasteiger partial charge in [-0.2, -0.15) is 5.26 Å². The van der Waals surface area contributed by atoms with Gasteiger partial charge >= 0.3 is 0 Å². The zero-order chi connectivity index (χ0) is 8.48. The molecule has 0 atom stereocenters. The molecule has 1 aliphatic rings. The first kappa shape index (κ1) is 8.02. The van der Waals surface area contributed by atoms with Crippen LogP contribution in [0.15, 0.2) is 0 Å². The molecule has 0 bridgehead atoms. The molecule has 1 rings (SSSR count). The van der Waals surface area contributed by atoms with Crippen molar-refractivity contribution in [1.82, 2.24) is 5.06 Å². The van der Waals surface area contributed by atoms with Crippen LogP contribution in [0.4, 0.5) is 0 Å². The fourth-order valence-corrected chi connectivity index (χ4v) is 0.889. The van der Waals surface area contributed by atoms with Crippen molar-refractivity contribution in [2.45, 2.75) is 19.8 Å². The zero-order valence-corrected chi connectivity index (χ0v) is 6.37. The van der Waals surface area contributed by atoms with Gasteiger partial charge in [-0.25, -0.2) is 5.06 Å². The SMILES string of the molecule is CCN(O)C(=O)C1(C#N)CC1. The molecule has 1 N–H and O–H groups in total. The molecule has 0 unspecified atom stereocenters. The summed E-state index contributed by atoms with van der Waals surface area (Å²) in [5.41, 5.74) is -0.884. The van der Waals surface area contributed by atoms with Crippen LogP contribution in [-0.4, -0.2) is 22.7 Å². The summed E-state index contributed by atoms with van der Waals surface area (Å²) in [4.78, 5) is 11.1. The summed E-state index contributed by atoms with van der Waals surface area (Å²) < 4.78 is 0. The van der Waals surface area contributed by atoms with E-state index in [1.54, 1.807) is 6.92 Å². The monoisotopic (exact) mass is 154 g/mol. The minimum Gasteiger partial charge on any atom is -0.286 e. The van der Waals surface area contributed by atoms with Gasteiger partial charge in [0.05, 0.1) is 6.07 Å². The molecular formula is C7H10N2O2. The van der Waals surface area contributed by atoms with Gasteiger partial charge in [-0.05, 0) is 19.8 Å². The Kier molecular flexibility index (Phi) is 1.83. The summed E-state index contributed by atoms with van der Waals surface area (Å²) >= 11 is 0. The van der Waals surface area contributed by atoms with Crippen molar-refractivity contribution in [3.63, 3.8) is 0 Å². The standard InChI is InChI=1S/C7H10N2O2/c1-2-9(11)6(10)7(5-8)3-4-7/h11H,2-4H2,1H3. The fraction of sp³-hybridized carbons (Fsp3) is 0.714. The third kappa shape index (κ3) is 1.19. The van der Waals surface area contributed by atoms with Gasteiger partial charge in [0, 0.05) is 6.54 Å². The minimum atomic E-state index is -0.884. The Morgan fingerprint density at radius 3 is 2.64 bits per heavy atom. The van der Waals surface area contributed by atoms with Crippen molar-refractivity contribution in [1.29, 1.82) is 5.26 Å². The van der Waals surface area contributed by atoms with Crippen LogP contribution >= 0.6 is 0 Å². The second-order valence-electron chi connectivity index (χ2n) is 2.71. The molecule has 0 saturated heterocycles. The summed E-state index contributed by atoms with van der Waals surface area (Å²) in [6.07, 6.45) is 1.17. The molecule has 1 saturated carbocycles. The number of nitriles is 1. The van der Waals surface area contributed by atoms with Crippen molar-refractivity contribution in [3.05, 3.63) is 0 Å². The molecule has 0 aromatic heterocycles. The fourth-order valence-electron chi connectivity index (χ4n) is 0.889. The highest BCUT2D eigenvalue weighted by Crippen LogP contribution is 2.46. The Bertz CT molecular complexity index is 215. The number of carbonyl (C=O) groups is 1. The minimum absolute atomic E-state index is 0.238. The quantitative estimate of drug-likeness (QED) is 0.466. The molecule has 4 nitrogen and oxygen atoms in total. The Morgan fingerprint density at radius 1 is 1.82 bits per heavy atom. The van der Waals surface area contributed by atoms with Gasteiger partial charge in [0.15, 0.2) is 0 Å². The summed E-state index contributed by atoms with van der Waals surface area (Å²) in [5, 5.41) is 18.1.